The Morgan fingerprint density at radius 2 is 2.08 bits per heavy atom. The molecule has 0 unspecified atom stereocenters. The monoisotopic (exact) mass is 326 g/mol. The van der Waals surface area contributed by atoms with E-state index < -0.39 is 5.91 Å². The Kier molecular flexibility index (Phi) is 4.37. The first-order valence-corrected chi connectivity index (χ1v) is 7.66. The summed E-state index contributed by atoms with van der Waals surface area (Å²) in [7, 11) is 0. The van der Waals surface area contributed by atoms with Gasteiger partial charge in [0, 0.05) is 24.1 Å². The Hall–Kier alpha value is -3.02. The number of rotatable bonds is 4. The molecule has 124 valence electrons. The number of carbonyl (C=O) groups excluding carboxylic acids is 2. The highest BCUT2D eigenvalue weighted by molar-refractivity contribution is 5.97. The smallest absolute Gasteiger partial charge is 0.273 e. The molecule has 1 aliphatic rings. The Bertz CT molecular complexity index is 793. The number of hydrazine groups is 1. The SMILES string of the molecule is Cc1cccc(C(=O)NNC2=CC(=O)C[C@H](c3ccco3)C2)c1O. The molecule has 1 heterocycles. The van der Waals surface area contributed by atoms with Crippen LogP contribution >= 0.6 is 0 Å². The van der Waals surface area contributed by atoms with E-state index >= 15 is 0 Å². The molecule has 0 aliphatic heterocycles. The van der Waals surface area contributed by atoms with Gasteiger partial charge in [-0.2, -0.15) is 0 Å². The fourth-order valence-electron chi connectivity index (χ4n) is 2.75. The summed E-state index contributed by atoms with van der Waals surface area (Å²) in [4.78, 5) is 24.1. The van der Waals surface area contributed by atoms with E-state index in [0.717, 1.165) is 5.76 Å². The van der Waals surface area contributed by atoms with Crippen molar-refractivity contribution in [1.29, 1.82) is 0 Å². The molecule has 0 saturated heterocycles. The largest absolute Gasteiger partial charge is 0.507 e. The Morgan fingerprint density at radius 1 is 1.25 bits per heavy atom. The molecule has 0 fully saturated rings. The summed E-state index contributed by atoms with van der Waals surface area (Å²) in [6.45, 7) is 1.72. The first-order chi connectivity index (χ1) is 11.5. The lowest BCUT2D eigenvalue weighted by molar-refractivity contribution is -0.115. The van der Waals surface area contributed by atoms with Crippen molar-refractivity contribution in [3.8, 4) is 5.75 Å². The first kappa shape index (κ1) is 15.9. The van der Waals surface area contributed by atoms with Crippen LogP contribution in [0.2, 0.25) is 0 Å². The number of carbonyl (C=O) groups is 2. The number of aromatic hydroxyl groups is 1. The molecule has 0 radical (unpaired) electrons. The van der Waals surface area contributed by atoms with Crippen LogP contribution in [0.1, 0.15) is 40.4 Å². The summed E-state index contributed by atoms with van der Waals surface area (Å²) < 4.78 is 5.37. The summed E-state index contributed by atoms with van der Waals surface area (Å²) >= 11 is 0. The number of amides is 1. The number of benzene rings is 1. The zero-order chi connectivity index (χ0) is 17.1. The zero-order valence-electron chi connectivity index (χ0n) is 13.2. The van der Waals surface area contributed by atoms with E-state index in [0.29, 0.717) is 24.1 Å². The molecule has 1 atom stereocenters. The maximum Gasteiger partial charge on any atom is 0.273 e. The van der Waals surface area contributed by atoms with Gasteiger partial charge < -0.3 is 14.9 Å². The van der Waals surface area contributed by atoms with Gasteiger partial charge in [0.2, 0.25) is 0 Å². The number of hydrogen-bond acceptors (Lipinski definition) is 5. The Balaban J connectivity index is 1.66. The van der Waals surface area contributed by atoms with Crippen LogP contribution in [0, 0.1) is 6.92 Å². The number of furan rings is 1. The summed E-state index contributed by atoms with van der Waals surface area (Å²) in [5.41, 5.74) is 6.70. The van der Waals surface area contributed by atoms with E-state index in [1.165, 1.54) is 12.1 Å². The van der Waals surface area contributed by atoms with Crippen molar-refractivity contribution >= 4 is 11.7 Å². The Morgan fingerprint density at radius 3 is 2.83 bits per heavy atom. The van der Waals surface area contributed by atoms with E-state index in [9.17, 15) is 14.7 Å². The minimum absolute atomic E-state index is 0.0298. The number of hydrogen-bond donors (Lipinski definition) is 3. The van der Waals surface area contributed by atoms with Crippen LogP contribution in [0.5, 0.6) is 5.75 Å². The van der Waals surface area contributed by atoms with Crippen molar-refractivity contribution in [2.24, 2.45) is 0 Å². The maximum atomic E-state index is 12.2. The summed E-state index contributed by atoms with van der Waals surface area (Å²) in [5.74, 6) is 0.143. The third kappa shape index (κ3) is 3.32. The van der Waals surface area contributed by atoms with Crippen molar-refractivity contribution in [3.05, 3.63) is 65.3 Å². The zero-order valence-corrected chi connectivity index (χ0v) is 13.2. The average molecular weight is 326 g/mol. The van der Waals surface area contributed by atoms with Gasteiger partial charge in [0.05, 0.1) is 11.8 Å². The van der Waals surface area contributed by atoms with Crippen molar-refractivity contribution in [3.63, 3.8) is 0 Å². The number of nitrogens with one attached hydrogen (secondary N) is 2. The molecule has 0 spiro atoms. The quantitative estimate of drug-likeness (QED) is 0.751. The molecule has 3 rings (SSSR count). The second-order valence-corrected chi connectivity index (χ2v) is 5.81. The molecule has 6 nitrogen and oxygen atoms in total. The van der Waals surface area contributed by atoms with Crippen molar-refractivity contribution in [2.45, 2.75) is 25.7 Å². The lowest BCUT2D eigenvalue weighted by atomic mass is 9.89. The lowest BCUT2D eigenvalue weighted by Gasteiger charge is -2.21. The van der Waals surface area contributed by atoms with Gasteiger partial charge in [-0.3, -0.25) is 15.0 Å². The lowest BCUT2D eigenvalue weighted by Crippen LogP contribution is -2.38. The highest BCUT2D eigenvalue weighted by Crippen LogP contribution is 2.30. The van der Waals surface area contributed by atoms with Crippen LogP contribution in [0.3, 0.4) is 0 Å². The van der Waals surface area contributed by atoms with Crippen molar-refractivity contribution in [1.82, 2.24) is 10.9 Å². The van der Waals surface area contributed by atoms with Gasteiger partial charge in [-0.15, -0.1) is 0 Å². The standard InChI is InChI=1S/C18H18N2O4/c1-11-4-2-5-15(17(11)22)18(23)20-19-13-8-12(9-14(21)10-13)16-6-3-7-24-16/h2-7,10,12,19,22H,8-9H2,1H3,(H,20,23)/t12-/m1/s1. The van der Waals surface area contributed by atoms with E-state index in [-0.39, 0.29) is 23.0 Å². The fourth-order valence-corrected chi connectivity index (χ4v) is 2.75. The molecule has 0 saturated carbocycles. The molecule has 1 amide bonds. The molecule has 3 N–H and O–H groups in total. The van der Waals surface area contributed by atoms with E-state index in [4.69, 9.17) is 4.42 Å². The van der Waals surface area contributed by atoms with Crippen LogP contribution in [0.25, 0.3) is 0 Å². The second kappa shape index (κ2) is 6.62. The predicted molar refractivity (Wildman–Crippen MR) is 87.2 cm³/mol. The van der Waals surface area contributed by atoms with Crippen LogP contribution < -0.4 is 10.9 Å². The molecule has 1 aliphatic carbocycles. The molecular weight excluding hydrogens is 308 g/mol. The molecule has 6 heteroatoms. The predicted octanol–water partition coefficient (Wildman–Crippen LogP) is 2.56. The van der Waals surface area contributed by atoms with Gasteiger partial charge in [0.1, 0.15) is 11.5 Å². The van der Waals surface area contributed by atoms with Gasteiger partial charge >= 0.3 is 0 Å². The third-order valence-electron chi connectivity index (χ3n) is 4.01. The number of phenols is 1. The van der Waals surface area contributed by atoms with Gasteiger partial charge in [0.15, 0.2) is 5.78 Å². The topological polar surface area (TPSA) is 91.6 Å². The Labute approximate surface area is 139 Å². The summed E-state index contributed by atoms with van der Waals surface area (Å²) in [6.07, 6.45) is 3.99. The second-order valence-electron chi connectivity index (χ2n) is 5.81. The molecule has 0 bridgehead atoms. The minimum Gasteiger partial charge on any atom is -0.507 e. The third-order valence-corrected chi connectivity index (χ3v) is 4.01. The molecule has 1 aromatic carbocycles. The number of phenolic OH excluding ortho intramolecular Hbond substituents is 1. The molecule has 24 heavy (non-hydrogen) atoms. The van der Waals surface area contributed by atoms with Crippen molar-refractivity contribution in [2.75, 3.05) is 0 Å². The van der Waals surface area contributed by atoms with E-state index in [2.05, 4.69) is 10.9 Å². The molecule has 1 aromatic heterocycles. The van der Waals surface area contributed by atoms with E-state index in [1.54, 1.807) is 31.4 Å². The minimum atomic E-state index is -0.468. The summed E-state index contributed by atoms with van der Waals surface area (Å²) in [5, 5.41) is 9.94. The van der Waals surface area contributed by atoms with Crippen LogP contribution in [-0.2, 0) is 4.79 Å². The first-order valence-electron chi connectivity index (χ1n) is 7.66. The number of allylic oxidation sites excluding steroid dienone is 2. The van der Waals surface area contributed by atoms with Gasteiger partial charge in [-0.25, -0.2) is 0 Å². The number of aryl methyl sites for hydroxylation is 1. The molecule has 2 aromatic rings. The summed E-state index contributed by atoms with van der Waals surface area (Å²) in [6, 6.07) is 8.57. The average Bonchev–Trinajstić information content (AvgIpc) is 3.09. The van der Waals surface area contributed by atoms with Gasteiger partial charge in [0.25, 0.3) is 5.91 Å². The number of para-hydroxylation sites is 1. The highest BCUT2D eigenvalue weighted by atomic mass is 16.3. The van der Waals surface area contributed by atoms with Crippen LogP contribution in [0.15, 0.2) is 52.8 Å². The van der Waals surface area contributed by atoms with Crippen LogP contribution in [-0.4, -0.2) is 16.8 Å². The normalized spacial score (nSPS) is 17.3. The van der Waals surface area contributed by atoms with Crippen molar-refractivity contribution < 1.29 is 19.1 Å². The maximum absolute atomic E-state index is 12.2. The van der Waals surface area contributed by atoms with Gasteiger partial charge in [-0.1, -0.05) is 12.1 Å². The van der Waals surface area contributed by atoms with E-state index in [1.807, 2.05) is 6.07 Å². The van der Waals surface area contributed by atoms with Crippen LogP contribution in [0.4, 0.5) is 0 Å². The number of ketones is 1. The molecular formula is C18H18N2O4. The van der Waals surface area contributed by atoms with Gasteiger partial charge in [-0.05, 0) is 37.1 Å². The fraction of sp³-hybridized carbons (Fsp3) is 0.222. The highest BCUT2D eigenvalue weighted by Gasteiger charge is 2.24.